The van der Waals surface area contributed by atoms with E-state index in [2.05, 4.69) is 10.0 Å². The lowest BCUT2D eigenvalue weighted by molar-refractivity contribution is -0.124. The molecule has 5 nitrogen and oxygen atoms in total. The van der Waals surface area contributed by atoms with Gasteiger partial charge in [-0.2, -0.15) is 0 Å². The molecule has 2 aliphatic rings. The van der Waals surface area contributed by atoms with Crippen LogP contribution in [0.25, 0.3) is 0 Å². The third-order valence-electron chi connectivity index (χ3n) is 5.94. The van der Waals surface area contributed by atoms with Gasteiger partial charge in [0, 0.05) is 11.7 Å². The molecule has 4 rings (SSSR count). The molecule has 0 saturated heterocycles. The SMILES string of the molecule is O=C(NC1CCCCC1)C1(c2ccc(NS(=O)(=O)c3ccccc3F)cc2)CC1. The van der Waals surface area contributed by atoms with Crippen molar-refractivity contribution in [1.82, 2.24) is 5.32 Å². The predicted molar refractivity (Wildman–Crippen MR) is 110 cm³/mol. The van der Waals surface area contributed by atoms with Crippen molar-refractivity contribution in [3.8, 4) is 0 Å². The van der Waals surface area contributed by atoms with E-state index >= 15 is 0 Å². The molecule has 2 aromatic rings. The molecule has 0 radical (unpaired) electrons. The first kappa shape index (κ1) is 19.9. The average Bonchev–Trinajstić information content (AvgIpc) is 3.51. The second-order valence-corrected chi connectivity index (χ2v) is 9.65. The number of anilines is 1. The summed E-state index contributed by atoms with van der Waals surface area (Å²) in [5, 5.41) is 3.21. The van der Waals surface area contributed by atoms with Gasteiger partial charge in [-0.15, -0.1) is 0 Å². The van der Waals surface area contributed by atoms with Crippen LogP contribution in [0.5, 0.6) is 0 Å². The zero-order valence-corrected chi connectivity index (χ0v) is 17.0. The highest BCUT2D eigenvalue weighted by atomic mass is 32.2. The Labute approximate surface area is 170 Å². The number of carbonyl (C=O) groups excluding carboxylic acids is 1. The van der Waals surface area contributed by atoms with Crippen molar-refractivity contribution in [1.29, 1.82) is 0 Å². The second kappa shape index (κ2) is 7.78. The Balaban J connectivity index is 1.46. The van der Waals surface area contributed by atoms with Gasteiger partial charge in [0.15, 0.2) is 0 Å². The molecule has 2 aliphatic carbocycles. The maximum absolute atomic E-state index is 13.8. The molecule has 0 atom stereocenters. The number of rotatable bonds is 6. The highest BCUT2D eigenvalue weighted by molar-refractivity contribution is 7.92. The molecule has 0 unspecified atom stereocenters. The second-order valence-electron chi connectivity index (χ2n) is 8.00. The molecule has 2 fully saturated rings. The Kier molecular flexibility index (Phi) is 5.34. The molecule has 29 heavy (non-hydrogen) atoms. The largest absolute Gasteiger partial charge is 0.353 e. The van der Waals surface area contributed by atoms with Crippen molar-refractivity contribution in [2.75, 3.05) is 4.72 Å². The lowest BCUT2D eigenvalue weighted by atomic mass is 9.91. The number of benzene rings is 2. The minimum absolute atomic E-state index is 0.0732. The van der Waals surface area contributed by atoms with Crippen LogP contribution < -0.4 is 10.0 Å². The topological polar surface area (TPSA) is 75.3 Å². The van der Waals surface area contributed by atoms with E-state index in [1.54, 1.807) is 24.3 Å². The van der Waals surface area contributed by atoms with Crippen molar-refractivity contribution in [3.63, 3.8) is 0 Å². The Hall–Kier alpha value is -2.41. The zero-order chi connectivity index (χ0) is 20.5. The van der Waals surface area contributed by atoms with Gasteiger partial charge < -0.3 is 5.32 Å². The molecule has 0 heterocycles. The minimum Gasteiger partial charge on any atom is -0.353 e. The lowest BCUT2D eigenvalue weighted by Crippen LogP contribution is -2.42. The summed E-state index contributed by atoms with van der Waals surface area (Å²) < 4.78 is 41.1. The molecule has 1 amide bonds. The van der Waals surface area contributed by atoms with Gasteiger partial charge in [-0.05, 0) is 55.5 Å². The van der Waals surface area contributed by atoms with Crippen molar-refractivity contribution in [2.24, 2.45) is 0 Å². The van der Waals surface area contributed by atoms with E-state index in [-0.39, 0.29) is 11.9 Å². The molecule has 154 valence electrons. The number of amides is 1. The standard InChI is InChI=1S/C22H25FN2O3S/c23-19-8-4-5-9-20(19)29(27,28)25-18-12-10-16(11-13-18)22(14-15-22)21(26)24-17-6-2-1-3-7-17/h4-5,8-13,17,25H,1-3,6-7,14-15H2,(H,24,26). The number of hydrogen-bond donors (Lipinski definition) is 2. The van der Waals surface area contributed by atoms with Crippen molar-refractivity contribution in [2.45, 2.75) is 61.3 Å². The van der Waals surface area contributed by atoms with Crippen LogP contribution in [0.15, 0.2) is 53.4 Å². The summed E-state index contributed by atoms with van der Waals surface area (Å²) in [7, 11) is -4.02. The van der Waals surface area contributed by atoms with Crippen LogP contribution in [0.2, 0.25) is 0 Å². The summed E-state index contributed by atoms with van der Waals surface area (Å²) in [4.78, 5) is 12.5. The summed E-state index contributed by atoms with van der Waals surface area (Å²) >= 11 is 0. The molecular weight excluding hydrogens is 391 g/mol. The van der Waals surface area contributed by atoms with Gasteiger partial charge >= 0.3 is 0 Å². The summed E-state index contributed by atoms with van der Waals surface area (Å²) in [6.07, 6.45) is 7.24. The molecule has 2 N–H and O–H groups in total. The molecule has 7 heteroatoms. The van der Waals surface area contributed by atoms with Crippen molar-refractivity contribution >= 4 is 21.6 Å². The van der Waals surface area contributed by atoms with Crippen LogP contribution in [-0.2, 0) is 20.2 Å². The Morgan fingerprint density at radius 3 is 2.24 bits per heavy atom. The summed E-state index contributed by atoms with van der Waals surface area (Å²) in [5.41, 5.74) is 0.723. The average molecular weight is 417 g/mol. The van der Waals surface area contributed by atoms with Crippen LogP contribution in [0.4, 0.5) is 10.1 Å². The maximum Gasteiger partial charge on any atom is 0.264 e. The fourth-order valence-corrected chi connectivity index (χ4v) is 5.21. The number of halogens is 1. The third kappa shape index (κ3) is 4.15. The first-order chi connectivity index (χ1) is 13.9. The van der Waals surface area contributed by atoms with Crippen LogP contribution in [0, 0.1) is 5.82 Å². The van der Waals surface area contributed by atoms with E-state index < -0.39 is 26.2 Å². The molecule has 2 aromatic carbocycles. The van der Waals surface area contributed by atoms with Crippen molar-refractivity contribution in [3.05, 3.63) is 59.9 Å². The fourth-order valence-electron chi connectivity index (χ4n) is 4.07. The van der Waals surface area contributed by atoms with Gasteiger partial charge in [0.2, 0.25) is 5.91 Å². The minimum atomic E-state index is -4.02. The molecule has 2 saturated carbocycles. The third-order valence-corrected chi connectivity index (χ3v) is 7.36. The van der Waals surface area contributed by atoms with Gasteiger partial charge in [0.05, 0.1) is 5.41 Å². The smallest absolute Gasteiger partial charge is 0.264 e. The van der Waals surface area contributed by atoms with Gasteiger partial charge in [0.25, 0.3) is 10.0 Å². The number of sulfonamides is 1. The van der Waals surface area contributed by atoms with Gasteiger partial charge in [-0.25, -0.2) is 12.8 Å². The molecule has 0 spiro atoms. The first-order valence-corrected chi connectivity index (χ1v) is 11.6. The van der Waals surface area contributed by atoms with Crippen LogP contribution in [-0.4, -0.2) is 20.4 Å². The quantitative estimate of drug-likeness (QED) is 0.744. The summed E-state index contributed by atoms with van der Waals surface area (Å²) in [6, 6.07) is 12.3. The van der Waals surface area contributed by atoms with Crippen LogP contribution >= 0.6 is 0 Å². The molecule has 0 aromatic heterocycles. The van der Waals surface area contributed by atoms with E-state index in [9.17, 15) is 17.6 Å². The number of hydrogen-bond acceptors (Lipinski definition) is 3. The van der Waals surface area contributed by atoms with Gasteiger partial charge in [0.1, 0.15) is 10.7 Å². The van der Waals surface area contributed by atoms with E-state index in [1.807, 2.05) is 0 Å². The Morgan fingerprint density at radius 2 is 1.62 bits per heavy atom. The van der Waals surface area contributed by atoms with Crippen LogP contribution in [0.3, 0.4) is 0 Å². The Bertz CT molecular complexity index is 995. The van der Waals surface area contributed by atoms with E-state index in [0.717, 1.165) is 50.2 Å². The predicted octanol–water partition coefficient (Wildman–Crippen LogP) is 4.11. The summed E-state index contributed by atoms with van der Waals surface area (Å²) in [6.45, 7) is 0. The monoisotopic (exact) mass is 416 g/mol. The molecule has 0 bridgehead atoms. The normalized spacial score (nSPS) is 18.8. The lowest BCUT2D eigenvalue weighted by Gasteiger charge is -2.25. The highest BCUT2D eigenvalue weighted by Gasteiger charge is 2.51. The van der Waals surface area contributed by atoms with Crippen molar-refractivity contribution < 1.29 is 17.6 Å². The van der Waals surface area contributed by atoms with E-state index in [4.69, 9.17) is 0 Å². The highest BCUT2D eigenvalue weighted by Crippen LogP contribution is 2.49. The fraction of sp³-hybridized carbons (Fsp3) is 0.409. The van der Waals surface area contributed by atoms with E-state index in [1.165, 1.54) is 24.6 Å². The molecular formula is C22H25FN2O3S. The first-order valence-electron chi connectivity index (χ1n) is 10.1. The Morgan fingerprint density at radius 1 is 0.966 bits per heavy atom. The zero-order valence-electron chi connectivity index (χ0n) is 16.2. The maximum atomic E-state index is 13.8. The molecule has 0 aliphatic heterocycles. The van der Waals surface area contributed by atoms with E-state index in [0.29, 0.717) is 5.69 Å². The number of carbonyl (C=O) groups is 1. The van der Waals surface area contributed by atoms with Gasteiger partial charge in [-0.3, -0.25) is 9.52 Å². The van der Waals surface area contributed by atoms with Gasteiger partial charge in [-0.1, -0.05) is 43.5 Å². The van der Waals surface area contributed by atoms with Crippen LogP contribution in [0.1, 0.15) is 50.5 Å². The number of nitrogens with one attached hydrogen (secondary N) is 2. The summed E-state index contributed by atoms with van der Waals surface area (Å²) in [5.74, 6) is -0.725.